The highest BCUT2D eigenvalue weighted by Crippen LogP contribution is 2.32. The molecule has 1 aromatic rings. The fourth-order valence-corrected chi connectivity index (χ4v) is 4.31. The number of sulfonamides is 1. The first-order chi connectivity index (χ1) is 10.6. The average Bonchev–Trinajstić information content (AvgIpc) is 3.12. The molecule has 6 nitrogen and oxygen atoms in total. The van der Waals surface area contributed by atoms with Gasteiger partial charge in [0, 0.05) is 5.69 Å². The van der Waals surface area contributed by atoms with Crippen LogP contribution in [-0.4, -0.2) is 49.2 Å². The highest BCUT2D eigenvalue weighted by atomic mass is 32.2. The van der Waals surface area contributed by atoms with E-state index in [0.717, 1.165) is 44.6 Å². The van der Waals surface area contributed by atoms with Crippen molar-refractivity contribution >= 4 is 10.0 Å². The number of rotatable bonds is 6. The third-order valence-corrected chi connectivity index (χ3v) is 6.27. The van der Waals surface area contributed by atoms with Gasteiger partial charge in [0.25, 0.3) is 0 Å². The van der Waals surface area contributed by atoms with Crippen LogP contribution in [0.5, 0.6) is 0 Å². The van der Waals surface area contributed by atoms with Crippen molar-refractivity contribution < 1.29 is 8.42 Å². The first-order valence-corrected chi connectivity index (χ1v) is 9.97. The van der Waals surface area contributed by atoms with E-state index in [1.54, 1.807) is 0 Å². The number of hydrogen-bond donors (Lipinski definition) is 2. The van der Waals surface area contributed by atoms with Crippen LogP contribution in [0, 0.1) is 0 Å². The maximum Gasteiger partial charge on any atom is 0.211 e. The average molecular weight is 326 g/mol. The Balaban J connectivity index is 1.62. The number of fused-ring (bicyclic) bond motifs is 1. The van der Waals surface area contributed by atoms with Crippen molar-refractivity contribution in [1.82, 2.24) is 19.6 Å². The van der Waals surface area contributed by atoms with Crippen LogP contribution in [0.3, 0.4) is 0 Å². The molecule has 1 saturated heterocycles. The van der Waals surface area contributed by atoms with Crippen molar-refractivity contribution in [2.24, 2.45) is 0 Å². The van der Waals surface area contributed by atoms with Gasteiger partial charge in [0.15, 0.2) is 0 Å². The lowest BCUT2D eigenvalue weighted by Gasteiger charge is -2.22. The molecule has 22 heavy (non-hydrogen) atoms. The molecular weight excluding hydrogens is 300 g/mol. The Hall–Kier alpha value is -0.920. The van der Waals surface area contributed by atoms with Crippen LogP contribution in [-0.2, 0) is 22.9 Å². The van der Waals surface area contributed by atoms with E-state index in [0.29, 0.717) is 12.5 Å². The van der Waals surface area contributed by atoms with Crippen LogP contribution < -0.4 is 4.72 Å². The normalized spacial score (nSPS) is 22.9. The molecule has 0 aromatic carbocycles. The van der Waals surface area contributed by atoms with E-state index < -0.39 is 10.0 Å². The van der Waals surface area contributed by atoms with Crippen molar-refractivity contribution in [2.75, 3.05) is 25.9 Å². The van der Waals surface area contributed by atoms with Gasteiger partial charge in [-0.3, -0.25) is 4.90 Å². The van der Waals surface area contributed by atoms with Crippen molar-refractivity contribution in [3.8, 4) is 0 Å². The summed E-state index contributed by atoms with van der Waals surface area (Å²) in [5.74, 6) is 1.29. The summed E-state index contributed by atoms with van der Waals surface area (Å²) in [4.78, 5) is 10.8. The fourth-order valence-electron chi connectivity index (χ4n) is 3.60. The smallest absolute Gasteiger partial charge is 0.211 e. The molecule has 0 spiro atoms. The van der Waals surface area contributed by atoms with Crippen LogP contribution in [0.1, 0.15) is 55.4 Å². The maximum atomic E-state index is 11.5. The fraction of sp³-hybridized carbons (Fsp3) is 0.800. The van der Waals surface area contributed by atoms with Crippen LogP contribution in [0.15, 0.2) is 0 Å². The maximum absolute atomic E-state index is 11.5. The summed E-state index contributed by atoms with van der Waals surface area (Å²) in [6.45, 7) is 1.85. The Kier molecular flexibility index (Phi) is 4.84. The largest absolute Gasteiger partial charge is 0.344 e. The van der Waals surface area contributed by atoms with Crippen molar-refractivity contribution in [2.45, 2.75) is 51.0 Å². The van der Waals surface area contributed by atoms with Crippen molar-refractivity contribution in [3.63, 3.8) is 0 Å². The molecule has 1 aromatic heterocycles. The minimum Gasteiger partial charge on any atom is -0.344 e. The lowest BCUT2D eigenvalue weighted by atomic mass is 10.0. The second-order valence-corrected chi connectivity index (χ2v) is 8.37. The number of imidazole rings is 1. The van der Waals surface area contributed by atoms with Gasteiger partial charge in [0.05, 0.1) is 17.5 Å². The summed E-state index contributed by atoms with van der Waals surface area (Å²) in [5.41, 5.74) is 2.58. The van der Waals surface area contributed by atoms with Gasteiger partial charge in [0.1, 0.15) is 5.82 Å². The Morgan fingerprint density at radius 2 is 2.14 bits per heavy atom. The topological polar surface area (TPSA) is 78.1 Å². The molecule has 0 radical (unpaired) electrons. The SMILES string of the molecule is CNS(=O)(=O)CCCN1CCCC1c1nc2c([nH]1)CCCC2. The van der Waals surface area contributed by atoms with Gasteiger partial charge in [-0.15, -0.1) is 0 Å². The molecule has 0 amide bonds. The zero-order chi connectivity index (χ0) is 15.6. The molecule has 2 heterocycles. The number of likely N-dealkylation sites (tertiary alicyclic amines) is 1. The molecule has 0 bridgehead atoms. The van der Waals surface area contributed by atoms with Crippen molar-refractivity contribution in [1.29, 1.82) is 0 Å². The zero-order valence-electron chi connectivity index (χ0n) is 13.3. The summed E-state index contributed by atoms with van der Waals surface area (Å²) >= 11 is 0. The first kappa shape index (κ1) is 16.0. The standard InChI is InChI=1S/C15H26N4O2S/c1-16-22(20,21)11-5-10-19-9-4-8-14(19)15-17-12-6-2-3-7-13(12)18-15/h14,16H,2-11H2,1H3,(H,17,18). The van der Waals surface area contributed by atoms with E-state index in [4.69, 9.17) is 4.98 Å². The molecule has 2 aliphatic rings. The highest BCUT2D eigenvalue weighted by Gasteiger charge is 2.29. The molecular formula is C15H26N4O2S. The molecule has 2 N–H and O–H groups in total. The lowest BCUT2D eigenvalue weighted by Crippen LogP contribution is -2.29. The number of hydrogen-bond acceptors (Lipinski definition) is 4. The molecule has 3 rings (SSSR count). The van der Waals surface area contributed by atoms with Crippen LogP contribution in [0.25, 0.3) is 0 Å². The first-order valence-electron chi connectivity index (χ1n) is 8.32. The minimum absolute atomic E-state index is 0.196. The summed E-state index contributed by atoms with van der Waals surface area (Å²) in [6, 6.07) is 0.336. The monoisotopic (exact) mass is 326 g/mol. The number of aromatic amines is 1. The van der Waals surface area contributed by atoms with Crippen LogP contribution >= 0.6 is 0 Å². The summed E-state index contributed by atoms with van der Waals surface area (Å²) in [7, 11) is -1.62. The van der Waals surface area contributed by atoms with Crippen LogP contribution in [0.2, 0.25) is 0 Å². The molecule has 1 aliphatic heterocycles. The quantitative estimate of drug-likeness (QED) is 0.827. The number of nitrogens with one attached hydrogen (secondary N) is 2. The van der Waals surface area contributed by atoms with E-state index in [1.165, 1.54) is 31.3 Å². The molecule has 1 atom stereocenters. The lowest BCUT2D eigenvalue weighted by molar-refractivity contribution is 0.250. The van der Waals surface area contributed by atoms with Gasteiger partial charge in [-0.2, -0.15) is 0 Å². The number of aromatic nitrogens is 2. The molecule has 124 valence electrons. The Bertz CT molecular complexity index is 588. The van der Waals surface area contributed by atoms with E-state index in [9.17, 15) is 8.42 Å². The van der Waals surface area contributed by atoms with Crippen molar-refractivity contribution in [3.05, 3.63) is 17.2 Å². The third kappa shape index (κ3) is 3.52. The minimum atomic E-state index is -3.10. The third-order valence-electron chi connectivity index (χ3n) is 4.82. The summed E-state index contributed by atoms with van der Waals surface area (Å²) < 4.78 is 25.4. The van der Waals surface area contributed by atoms with Gasteiger partial charge in [-0.25, -0.2) is 18.1 Å². The Labute approximate surface area is 132 Å². The van der Waals surface area contributed by atoms with Gasteiger partial charge < -0.3 is 4.98 Å². The van der Waals surface area contributed by atoms with Gasteiger partial charge >= 0.3 is 0 Å². The van der Waals surface area contributed by atoms with E-state index in [1.807, 2.05) is 0 Å². The van der Waals surface area contributed by atoms with Gasteiger partial charge in [-0.1, -0.05) is 0 Å². The Morgan fingerprint density at radius 3 is 2.91 bits per heavy atom. The van der Waals surface area contributed by atoms with E-state index >= 15 is 0 Å². The van der Waals surface area contributed by atoms with E-state index in [-0.39, 0.29) is 5.75 Å². The summed E-state index contributed by atoms with van der Waals surface area (Å²) in [6.07, 6.45) is 7.66. The second kappa shape index (κ2) is 6.68. The highest BCUT2D eigenvalue weighted by molar-refractivity contribution is 7.89. The molecule has 7 heteroatoms. The van der Waals surface area contributed by atoms with E-state index in [2.05, 4.69) is 14.6 Å². The predicted molar refractivity (Wildman–Crippen MR) is 86.2 cm³/mol. The number of nitrogens with zero attached hydrogens (tertiary/aromatic N) is 2. The second-order valence-electron chi connectivity index (χ2n) is 6.32. The number of H-pyrrole nitrogens is 1. The zero-order valence-corrected chi connectivity index (χ0v) is 14.1. The Morgan fingerprint density at radius 1 is 1.32 bits per heavy atom. The van der Waals surface area contributed by atoms with Crippen LogP contribution in [0.4, 0.5) is 0 Å². The molecule has 1 aliphatic carbocycles. The predicted octanol–water partition coefficient (Wildman–Crippen LogP) is 1.36. The molecule has 1 fully saturated rings. The van der Waals surface area contributed by atoms with Gasteiger partial charge in [0.2, 0.25) is 10.0 Å². The molecule has 0 saturated carbocycles. The van der Waals surface area contributed by atoms with Gasteiger partial charge in [-0.05, 0) is 65.1 Å². The number of aryl methyl sites for hydroxylation is 2. The summed E-state index contributed by atoms with van der Waals surface area (Å²) in [5, 5.41) is 0. The molecule has 1 unspecified atom stereocenters.